The molecule has 0 aliphatic rings. The van der Waals surface area contributed by atoms with Crippen LogP contribution in [0.25, 0.3) is 10.9 Å². The number of aliphatic hydroxyl groups is 1. The molecule has 8 N–H and O–H groups in total. The van der Waals surface area contributed by atoms with E-state index in [1.807, 2.05) is 45.0 Å². The van der Waals surface area contributed by atoms with Gasteiger partial charge in [0.15, 0.2) is 0 Å². The number of benzene rings is 1. The van der Waals surface area contributed by atoms with Crippen LogP contribution in [0.5, 0.6) is 0 Å². The van der Waals surface area contributed by atoms with E-state index in [-0.39, 0.29) is 18.3 Å². The Morgan fingerprint density at radius 1 is 0.973 bits per heavy atom. The lowest BCUT2D eigenvalue weighted by Gasteiger charge is -2.27. The van der Waals surface area contributed by atoms with E-state index in [0.29, 0.717) is 18.4 Å². The fourth-order valence-corrected chi connectivity index (χ4v) is 4.03. The highest BCUT2D eigenvalue weighted by molar-refractivity contribution is 5.94. The first-order valence-corrected chi connectivity index (χ1v) is 12.5. The standard InChI is InChI=1S/C26H39N5O6/c1-5-15(4)22(31-23(33)18(27)10-14(2)3)25(35)30-21(13-32)24(34)29-20(26(36)37)11-16-12-28-19-9-7-6-8-17(16)19/h6-9,12,14-15,18,20-22,28,32H,5,10-11,13,27H2,1-4H3,(H,29,34)(H,30,35)(H,31,33)(H,36,37). The largest absolute Gasteiger partial charge is 0.480 e. The summed E-state index contributed by atoms with van der Waals surface area (Å²) in [7, 11) is 0. The molecule has 11 nitrogen and oxygen atoms in total. The molecular weight excluding hydrogens is 478 g/mol. The zero-order valence-corrected chi connectivity index (χ0v) is 21.8. The molecule has 0 saturated heterocycles. The molecule has 0 saturated carbocycles. The van der Waals surface area contributed by atoms with Gasteiger partial charge in [0.1, 0.15) is 18.1 Å². The van der Waals surface area contributed by atoms with Crippen LogP contribution in [0.2, 0.25) is 0 Å². The smallest absolute Gasteiger partial charge is 0.326 e. The highest BCUT2D eigenvalue weighted by Gasteiger charge is 2.32. The van der Waals surface area contributed by atoms with Crippen LogP contribution in [0, 0.1) is 11.8 Å². The maximum absolute atomic E-state index is 13.0. The molecule has 0 bridgehead atoms. The van der Waals surface area contributed by atoms with Gasteiger partial charge in [-0.3, -0.25) is 14.4 Å². The van der Waals surface area contributed by atoms with Crippen molar-refractivity contribution in [1.29, 1.82) is 0 Å². The third-order valence-electron chi connectivity index (χ3n) is 6.38. The summed E-state index contributed by atoms with van der Waals surface area (Å²) in [4.78, 5) is 53.4. The minimum Gasteiger partial charge on any atom is -0.480 e. The van der Waals surface area contributed by atoms with Crippen molar-refractivity contribution in [3.8, 4) is 0 Å². The Balaban J connectivity index is 2.10. The Kier molecular flexibility index (Phi) is 11.1. The molecule has 0 radical (unpaired) electrons. The van der Waals surface area contributed by atoms with Crippen molar-refractivity contribution in [2.75, 3.05) is 6.61 Å². The summed E-state index contributed by atoms with van der Waals surface area (Å²) in [6.07, 6.45) is 2.67. The van der Waals surface area contributed by atoms with Gasteiger partial charge >= 0.3 is 5.97 Å². The van der Waals surface area contributed by atoms with Crippen LogP contribution in [0.3, 0.4) is 0 Å². The Bertz CT molecular complexity index is 1080. The number of aliphatic carboxylic acids is 1. The lowest BCUT2D eigenvalue weighted by atomic mass is 9.96. The summed E-state index contributed by atoms with van der Waals surface area (Å²) < 4.78 is 0. The minimum absolute atomic E-state index is 0.00350. The van der Waals surface area contributed by atoms with Crippen molar-refractivity contribution in [2.24, 2.45) is 17.6 Å². The molecule has 204 valence electrons. The third kappa shape index (κ3) is 8.29. The van der Waals surface area contributed by atoms with Gasteiger partial charge in [0.2, 0.25) is 17.7 Å². The second-order valence-corrected chi connectivity index (χ2v) is 9.81. The fourth-order valence-electron chi connectivity index (χ4n) is 4.03. The molecule has 37 heavy (non-hydrogen) atoms. The quantitative estimate of drug-likeness (QED) is 0.192. The molecule has 11 heteroatoms. The van der Waals surface area contributed by atoms with Crippen LogP contribution >= 0.6 is 0 Å². The van der Waals surface area contributed by atoms with Crippen LogP contribution in [0.15, 0.2) is 30.5 Å². The maximum Gasteiger partial charge on any atom is 0.326 e. The first-order valence-electron chi connectivity index (χ1n) is 12.5. The predicted molar refractivity (Wildman–Crippen MR) is 139 cm³/mol. The number of aromatic nitrogens is 1. The SMILES string of the molecule is CCC(C)C(NC(=O)C(N)CC(C)C)C(=O)NC(CO)C(=O)NC(Cc1c[nH]c2ccccc12)C(=O)O. The highest BCUT2D eigenvalue weighted by Crippen LogP contribution is 2.19. The summed E-state index contributed by atoms with van der Waals surface area (Å²) in [5.74, 6) is -3.36. The van der Waals surface area contributed by atoms with Crippen LogP contribution in [0.4, 0.5) is 0 Å². The zero-order chi connectivity index (χ0) is 27.7. The second kappa shape index (κ2) is 13.8. The predicted octanol–water partition coefficient (Wildman–Crippen LogP) is 0.661. The molecule has 1 aromatic carbocycles. The van der Waals surface area contributed by atoms with Crippen LogP contribution in [0.1, 0.15) is 46.1 Å². The number of carboxylic acid groups (broad SMARTS) is 1. The van der Waals surface area contributed by atoms with E-state index in [0.717, 1.165) is 10.9 Å². The molecule has 2 rings (SSSR count). The molecule has 0 aliphatic carbocycles. The van der Waals surface area contributed by atoms with Gasteiger partial charge in [-0.2, -0.15) is 0 Å². The number of para-hydroxylation sites is 1. The number of amides is 3. The summed E-state index contributed by atoms with van der Waals surface area (Å²) in [6.45, 7) is 6.72. The highest BCUT2D eigenvalue weighted by atomic mass is 16.4. The van der Waals surface area contributed by atoms with Gasteiger partial charge in [0.25, 0.3) is 0 Å². The topological polar surface area (TPSA) is 187 Å². The Morgan fingerprint density at radius 3 is 2.22 bits per heavy atom. The first-order chi connectivity index (χ1) is 17.5. The molecule has 0 fully saturated rings. The Hall–Kier alpha value is -3.44. The average Bonchev–Trinajstić information content (AvgIpc) is 3.26. The van der Waals surface area contributed by atoms with Crippen molar-refractivity contribution >= 4 is 34.6 Å². The van der Waals surface area contributed by atoms with Crippen molar-refractivity contribution in [3.63, 3.8) is 0 Å². The number of rotatable bonds is 14. The molecule has 1 heterocycles. The molecule has 5 unspecified atom stereocenters. The van der Waals surface area contributed by atoms with Gasteiger partial charge in [-0.1, -0.05) is 52.3 Å². The second-order valence-electron chi connectivity index (χ2n) is 9.81. The number of nitrogens with one attached hydrogen (secondary N) is 4. The van der Waals surface area contributed by atoms with Crippen LogP contribution < -0.4 is 21.7 Å². The number of carboxylic acids is 1. The van der Waals surface area contributed by atoms with Crippen molar-refractivity contribution in [3.05, 3.63) is 36.0 Å². The Labute approximate surface area is 216 Å². The minimum atomic E-state index is -1.41. The van der Waals surface area contributed by atoms with E-state index in [2.05, 4.69) is 20.9 Å². The number of hydrogen-bond acceptors (Lipinski definition) is 6. The summed E-state index contributed by atoms with van der Waals surface area (Å²) in [5.41, 5.74) is 7.48. The molecule has 1 aromatic heterocycles. The van der Waals surface area contributed by atoms with Gasteiger partial charge in [0, 0.05) is 23.5 Å². The molecule has 0 spiro atoms. The fraction of sp³-hybridized carbons (Fsp3) is 0.538. The molecule has 3 amide bonds. The molecular formula is C26H39N5O6. The van der Waals surface area contributed by atoms with Gasteiger partial charge in [-0.15, -0.1) is 0 Å². The maximum atomic E-state index is 13.0. The zero-order valence-electron chi connectivity index (χ0n) is 21.8. The van der Waals surface area contributed by atoms with Gasteiger partial charge in [0.05, 0.1) is 12.6 Å². The third-order valence-corrected chi connectivity index (χ3v) is 6.38. The van der Waals surface area contributed by atoms with E-state index < -0.39 is 54.5 Å². The number of aromatic amines is 1. The number of carbonyl (C=O) groups is 4. The van der Waals surface area contributed by atoms with E-state index >= 15 is 0 Å². The Morgan fingerprint density at radius 2 is 1.62 bits per heavy atom. The summed E-state index contributed by atoms with van der Waals surface area (Å²) >= 11 is 0. The van der Waals surface area contributed by atoms with Crippen molar-refractivity contribution in [2.45, 2.75) is 71.1 Å². The van der Waals surface area contributed by atoms with Gasteiger partial charge < -0.3 is 36.9 Å². The lowest BCUT2D eigenvalue weighted by molar-refractivity contribution is -0.142. The van der Waals surface area contributed by atoms with E-state index in [1.165, 1.54) is 0 Å². The summed E-state index contributed by atoms with van der Waals surface area (Å²) in [6, 6.07) is 2.88. The van der Waals surface area contributed by atoms with E-state index in [4.69, 9.17) is 5.73 Å². The number of H-pyrrole nitrogens is 1. The monoisotopic (exact) mass is 517 g/mol. The number of aliphatic hydroxyl groups excluding tert-OH is 1. The van der Waals surface area contributed by atoms with Gasteiger partial charge in [-0.25, -0.2) is 4.79 Å². The summed E-state index contributed by atoms with van der Waals surface area (Å²) in [5, 5.41) is 27.8. The lowest BCUT2D eigenvalue weighted by Crippen LogP contribution is -2.59. The normalized spacial score (nSPS) is 15.4. The van der Waals surface area contributed by atoms with Gasteiger partial charge in [-0.05, 0) is 29.9 Å². The number of nitrogens with two attached hydrogens (primary N) is 1. The molecule has 0 aliphatic heterocycles. The van der Waals surface area contributed by atoms with E-state index in [9.17, 15) is 29.4 Å². The number of carbonyl (C=O) groups excluding carboxylic acids is 3. The average molecular weight is 518 g/mol. The molecule has 5 atom stereocenters. The van der Waals surface area contributed by atoms with Crippen LogP contribution in [-0.4, -0.2) is 69.7 Å². The van der Waals surface area contributed by atoms with Crippen molar-refractivity contribution in [1.82, 2.24) is 20.9 Å². The van der Waals surface area contributed by atoms with Crippen molar-refractivity contribution < 1.29 is 29.4 Å². The molecule has 2 aromatic rings. The first kappa shape index (κ1) is 29.8. The van der Waals surface area contributed by atoms with E-state index in [1.54, 1.807) is 13.1 Å². The number of fused-ring (bicyclic) bond motifs is 1. The van der Waals surface area contributed by atoms with Crippen LogP contribution in [-0.2, 0) is 25.6 Å². The number of hydrogen-bond donors (Lipinski definition) is 7.